The minimum absolute atomic E-state index is 0.0462. The zero-order valence-corrected chi connectivity index (χ0v) is 10.8. The summed E-state index contributed by atoms with van der Waals surface area (Å²) in [7, 11) is 0. The second kappa shape index (κ2) is 5.97. The number of halogens is 1. The molecule has 0 saturated carbocycles. The van der Waals surface area contributed by atoms with Gasteiger partial charge in [-0.15, -0.1) is 0 Å². The zero-order valence-electron chi connectivity index (χ0n) is 9.20. The molecule has 0 aromatic heterocycles. The van der Waals surface area contributed by atoms with E-state index in [1.54, 1.807) is 31.2 Å². The van der Waals surface area contributed by atoms with Crippen LogP contribution in [0.25, 0.3) is 0 Å². The Labute approximate surface area is 106 Å². The van der Waals surface area contributed by atoms with Crippen molar-refractivity contribution in [3.8, 4) is 0 Å². The van der Waals surface area contributed by atoms with Gasteiger partial charge < -0.3 is 4.74 Å². The molecule has 0 N–H and O–H groups in total. The van der Waals surface area contributed by atoms with Crippen molar-refractivity contribution in [3.63, 3.8) is 0 Å². The van der Waals surface area contributed by atoms with Gasteiger partial charge in [0.05, 0.1) is 12.5 Å². The van der Waals surface area contributed by atoms with Gasteiger partial charge in [0, 0.05) is 10.6 Å². The fraction of sp³-hybridized carbons (Fsp3) is 0.333. The maximum Gasteiger partial charge on any atom is 0.174 e. The van der Waals surface area contributed by atoms with Crippen molar-refractivity contribution in [2.75, 3.05) is 6.61 Å². The van der Waals surface area contributed by atoms with Crippen LogP contribution in [0.3, 0.4) is 0 Å². The molecule has 2 nitrogen and oxygen atoms in total. The van der Waals surface area contributed by atoms with Crippen LogP contribution in [0.2, 0.25) is 5.02 Å². The zero-order chi connectivity index (χ0) is 12.1. The van der Waals surface area contributed by atoms with Crippen molar-refractivity contribution in [2.45, 2.75) is 13.8 Å². The molecule has 0 radical (unpaired) electrons. The van der Waals surface area contributed by atoms with Crippen LogP contribution in [0.4, 0.5) is 0 Å². The molecule has 0 saturated heterocycles. The molecule has 1 aromatic rings. The van der Waals surface area contributed by atoms with E-state index < -0.39 is 5.92 Å². The first-order valence-electron chi connectivity index (χ1n) is 5.02. The highest BCUT2D eigenvalue weighted by Crippen LogP contribution is 2.15. The number of ether oxygens (including phenoxy) is 1. The Bertz CT molecular complexity index is 387. The number of hydrogen-bond acceptors (Lipinski definition) is 3. The van der Waals surface area contributed by atoms with Crippen LogP contribution in [0, 0.1) is 5.92 Å². The summed E-state index contributed by atoms with van der Waals surface area (Å²) in [6.07, 6.45) is 0. The minimum Gasteiger partial charge on any atom is -0.487 e. The van der Waals surface area contributed by atoms with Crippen LogP contribution < -0.4 is 0 Å². The average molecular weight is 257 g/mol. The summed E-state index contributed by atoms with van der Waals surface area (Å²) < 4.78 is 5.15. The molecule has 0 aliphatic carbocycles. The van der Waals surface area contributed by atoms with E-state index in [9.17, 15) is 4.79 Å². The number of thiocarbonyl (C=S) groups is 1. The van der Waals surface area contributed by atoms with Gasteiger partial charge in [-0.2, -0.15) is 0 Å². The van der Waals surface area contributed by atoms with Gasteiger partial charge in [0.2, 0.25) is 0 Å². The van der Waals surface area contributed by atoms with Gasteiger partial charge in [0.1, 0.15) is 0 Å². The van der Waals surface area contributed by atoms with Gasteiger partial charge in [-0.3, -0.25) is 4.79 Å². The maximum atomic E-state index is 12.0. The van der Waals surface area contributed by atoms with E-state index in [4.69, 9.17) is 28.6 Å². The van der Waals surface area contributed by atoms with Crippen molar-refractivity contribution in [1.29, 1.82) is 0 Å². The number of hydrogen-bond donors (Lipinski definition) is 0. The van der Waals surface area contributed by atoms with E-state index in [1.807, 2.05) is 6.92 Å². The Morgan fingerprint density at radius 2 is 2.00 bits per heavy atom. The Kier molecular flexibility index (Phi) is 4.90. The largest absolute Gasteiger partial charge is 0.487 e. The second-order valence-electron chi connectivity index (χ2n) is 3.34. The van der Waals surface area contributed by atoms with E-state index in [-0.39, 0.29) is 5.78 Å². The lowest BCUT2D eigenvalue weighted by Gasteiger charge is -2.12. The number of rotatable bonds is 4. The molecule has 0 amide bonds. The third-order valence-corrected chi connectivity index (χ3v) is 2.89. The normalized spacial score (nSPS) is 11.9. The van der Waals surface area contributed by atoms with Crippen molar-refractivity contribution in [2.24, 2.45) is 5.92 Å². The van der Waals surface area contributed by atoms with Crippen molar-refractivity contribution in [3.05, 3.63) is 34.9 Å². The summed E-state index contributed by atoms with van der Waals surface area (Å²) in [5, 5.41) is 0.944. The summed E-state index contributed by atoms with van der Waals surface area (Å²) >= 11 is 10.8. The van der Waals surface area contributed by atoms with Crippen LogP contribution in [-0.4, -0.2) is 17.4 Å². The van der Waals surface area contributed by atoms with E-state index in [0.717, 1.165) is 0 Å². The van der Waals surface area contributed by atoms with Crippen molar-refractivity contribution < 1.29 is 9.53 Å². The van der Waals surface area contributed by atoms with Crippen LogP contribution >= 0.6 is 23.8 Å². The lowest BCUT2D eigenvalue weighted by atomic mass is 10.0. The third kappa shape index (κ3) is 3.29. The molecule has 0 bridgehead atoms. The molecule has 1 unspecified atom stereocenters. The SMILES string of the molecule is CCOC(=S)C(C)C(=O)c1ccc(Cl)cc1. The van der Waals surface area contributed by atoms with Crippen LogP contribution in [0.5, 0.6) is 0 Å². The van der Waals surface area contributed by atoms with Gasteiger partial charge in [-0.25, -0.2) is 0 Å². The summed E-state index contributed by atoms with van der Waals surface area (Å²) in [5.41, 5.74) is 0.596. The first-order chi connectivity index (χ1) is 7.56. The van der Waals surface area contributed by atoms with Crippen LogP contribution in [0.15, 0.2) is 24.3 Å². The quantitative estimate of drug-likeness (QED) is 0.609. The highest BCUT2D eigenvalue weighted by molar-refractivity contribution is 7.80. The molecule has 0 aliphatic rings. The summed E-state index contributed by atoms with van der Waals surface area (Å²) in [4.78, 5) is 12.0. The van der Waals surface area contributed by atoms with E-state index in [2.05, 4.69) is 0 Å². The standard InChI is InChI=1S/C12H13ClO2S/c1-3-15-12(16)8(2)11(14)9-4-6-10(13)7-5-9/h4-8H,3H2,1-2H3. The van der Waals surface area contributed by atoms with E-state index in [0.29, 0.717) is 22.2 Å². The molecule has 4 heteroatoms. The molecule has 1 rings (SSSR count). The third-order valence-electron chi connectivity index (χ3n) is 2.16. The highest BCUT2D eigenvalue weighted by Gasteiger charge is 2.20. The van der Waals surface area contributed by atoms with E-state index in [1.165, 1.54) is 0 Å². The minimum atomic E-state index is -0.406. The van der Waals surface area contributed by atoms with Gasteiger partial charge in [0.25, 0.3) is 0 Å². The molecule has 0 fully saturated rings. The number of benzene rings is 1. The molecule has 0 heterocycles. The molecular weight excluding hydrogens is 244 g/mol. The fourth-order valence-corrected chi connectivity index (χ4v) is 1.59. The Hall–Kier alpha value is -0.930. The topological polar surface area (TPSA) is 26.3 Å². The van der Waals surface area contributed by atoms with Gasteiger partial charge in [-0.1, -0.05) is 11.6 Å². The molecule has 16 heavy (non-hydrogen) atoms. The lowest BCUT2D eigenvalue weighted by Crippen LogP contribution is -2.21. The predicted octanol–water partition coefficient (Wildman–Crippen LogP) is 3.52. The van der Waals surface area contributed by atoms with Crippen molar-refractivity contribution in [1.82, 2.24) is 0 Å². The fourth-order valence-electron chi connectivity index (χ4n) is 1.24. The average Bonchev–Trinajstić information content (AvgIpc) is 2.28. The highest BCUT2D eigenvalue weighted by atomic mass is 35.5. The Morgan fingerprint density at radius 1 is 1.44 bits per heavy atom. The Morgan fingerprint density at radius 3 is 2.50 bits per heavy atom. The number of Topliss-reactive ketones (excluding diaryl/α,β-unsaturated/α-hetero) is 1. The molecule has 0 aliphatic heterocycles. The Balaban J connectivity index is 2.78. The van der Waals surface area contributed by atoms with Crippen LogP contribution in [0.1, 0.15) is 24.2 Å². The first-order valence-corrected chi connectivity index (χ1v) is 5.81. The van der Waals surface area contributed by atoms with E-state index >= 15 is 0 Å². The molecule has 1 aromatic carbocycles. The number of carbonyl (C=O) groups is 1. The van der Waals surface area contributed by atoms with Crippen molar-refractivity contribution >= 4 is 34.7 Å². The summed E-state index contributed by atoms with van der Waals surface area (Å²) in [6.45, 7) is 4.07. The molecule has 86 valence electrons. The lowest BCUT2D eigenvalue weighted by molar-refractivity contribution is 0.0951. The monoisotopic (exact) mass is 256 g/mol. The second-order valence-corrected chi connectivity index (χ2v) is 4.18. The van der Waals surface area contributed by atoms with Gasteiger partial charge >= 0.3 is 0 Å². The predicted molar refractivity (Wildman–Crippen MR) is 69.2 cm³/mol. The van der Waals surface area contributed by atoms with Gasteiger partial charge in [0.15, 0.2) is 10.8 Å². The first kappa shape index (κ1) is 13.1. The smallest absolute Gasteiger partial charge is 0.174 e. The molecule has 0 spiro atoms. The molecular formula is C12H13ClO2S. The number of carbonyl (C=O) groups excluding carboxylic acids is 1. The molecule has 1 atom stereocenters. The van der Waals surface area contributed by atoms with Gasteiger partial charge in [-0.05, 0) is 50.3 Å². The number of ketones is 1. The summed E-state index contributed by atoms with van der Waals surface area (Å²) in [6, 6.07) is 6.75. The maximum absolute atomic E-state index is 12.0. The summed E-state index contributed by atoms with van der Waals surface area (Å²) in [5.74, 6) is -0.453. The van der Waals surface area contributed by atoms with Crippen LogP contribution in [-0.2, 0) is 4.74 Å².